The Labute approximate surface area is 222 Å². The smallest absolute Gasteiger partial charge is 0.858 e. The molecule has 2 aromatic rings. The second-order valence-corrected chi connectivity index (χ2v) is 7.15. The van der Waals surface area contributed by atoms with Crippen LogP contribution in [0.5, 0.6) is 11.5 Å². The minimum atomic E-state index is -0.482. The van der Waals surface area contributed by atoms with Gasteiger partial charge in [-0.1, -0.05) is 46.4 Å². The molecule has 13 heteroatoms. The number of nitrogens with zero attached hydrogens (tertiary/aromatic N) is 4. The first-order valence-corrected chi connectivity index (χ1v) is 10.4. The van der Waals surface area contributed by atoms with Crippen molar-refractivity contribution < 1.29 is 36.8 Å². The van der Waals surface area contributed by atoms with Crippen LogP contribution in [0.25, 0.3) is 0 Å². The zero-order chi connectivity index (χ0) is 23.9. The molecule has 0 bridgehead atoms. The third kappa shape index (κ3) is 13.3. The summed E-state index contributed by atoms with van der Waals surface area (Å²) in [5.41, 5.74) is 0. The van der Waals surface area contributed by atoms with Gasteiger partial charge in [0.2, 0.25) is 0 Å². The van der Waals surface area contributed by atoms with Crippen LogP contribution in [-0.4, -0.2) is 37.4 Å². The third-order valence-electron chi connectivity index (χ3n) is 3.06. The topological polar surface area (TPSA) is 114 Å². The van der Waals surface area contributed by atoms with Gasteiger partial charge in [0.15, 0.2) is 0 Å². The molecule has 0 amide bonds. The first-order chi connectivity index (χ1) is 15.3. The molecular formula is C20H18Cl4CuN4O4. The zero-order valence-electron chi connectivity index (χ0n) is 17.3. The number of benzene rings is 2. The van der Waals surface area contributed by atoms with Gasteiger partial charge in [0.05, 0.1) is 10.0 Å². The van der Waals surface area contributed by atoms with E-state index in [9.17, 15) is 10.2 Å². The molecule has 0 aliphatic heterocycles. The molecule has 0 spiro atoms. The maximum atomic E-state index is 11.1. The summed E-state index contributed by atoms with van der Waals surface area (Å²) in [4.78, 5) is 0. The van der Waals surface area contributed by atoms with E-state index in [4.69, 9.17) is 55.9 Å². The largest absolute Gasteiger partial charge is 2.00 e. The predicted octanol–water partition coefficient (Wildman–Crippen LogP) is 4.27. The second-order valence-electron chi connectivity index (χ2n) is 5.46. The number of ether oxygens (including phenoxy) is 2. The fraction of sp³-hybridized carbons (Fsp3) is 0.200. The summed E-state index contributed by atoms with van der Waals surface area (Å²) >= 11 is 23.1. The summed E-state index contributed by atoms with van der Waals surface area (Å²) < 4.78 is 10.3. The van der Waals surface area contributed by atoms with Crippen molar-refractivity contribution in [3.63, 3.8) is 0 Å². The normalized spacial score (nSPS) is 11.7. The van der Waals surface area contributed by atoms with Crippen molar-refractivity contribution >= 4 is 70.6 Å². The van der Waals surface area contributed by atoms with Gasteiger partial charge >= 0.3 is 17.1 Å². The van der Waals surface area contributed by atoms with E-state index in [-0.39, 0.29) is 30.3 Å². The maximum Gasteiger partial charge on any atom is 2.00 e. The van der Waals surface area contributed by atoms with Gasteiger partial charge in [-0.3, -0.25) is 0 Å². The van der Waals surface area contributed by atoms with Crippen LogP contribution in [0, 0.1) is 0 Å². The molecule has 2 aromatic carbocycles. The zero-order valence-corrected chi connectivity index (χ0v) is 21.2. The van der Waals surface area contributed by atoms with Crippen LogP contribution in [-0.2, 0) is 17.1 Å². The van der Waals surface area contributed by atoms with Crippen molar-refractivity contribution in [2.45, 2.75) is 13.8 Å². The van der Waals surface area contributed by atoms with Crippen LogP contribution in [0.15, 0.2) is 56.8 Å². The van der Waals surface area contributed by atoms with Gasteiger partial charge in [-0.2, -0.15) is 20.4 Å². The fourth-order valence-electron chi connectivity index (χ4n) is 1.77. The first kappa shape index (κ1) is 31.0. The van der Waals surface area contributed by atoms with E-state index >= 15 is 0 Å². The van der Waals surface area contributed by atoms with Crippen molar-refractivity contribution in [2.24, 2.45) is 20.4 Å². The number of halogens is 4. The number of hydrogen-bond acceptors (Lipinski definition) is 8. The van der Waals surface area contributed by atoms with E-state index in [1.807, 2.05) is 0 Å². The number of hydrogen-bond donors (Lipinski definition) is 0. The molecule has 1 radical (unpaired) electrons. The molecule has 181 valence electrons. The Morgan fingerprint density at radius 2 is 1.12 bits per heavy atom. The first-order valence-electron chi connectivity index (χ1n) is 8.85. The molecule has 8 nitrogen and oxygen atoms in total. The quantitative estimate of drug-likeness (QED) is 0.200. The van der Waals surface area contributed by atoms with E-state index in [0.717, 1.165) is 0 Å². The van der Waals surface area contributed by atoms with Gasteiger partial charge in [0.25, 0.3) is 0 Å². The van der Waals surface area contributed by atoms with Gasteiger partial charge in [0, 0.05) is 34.3 Å². The Hall–Kier alpha value is -2.00. The van der Waals surface area contributed by atoms with Crippen LogP contribution in [0.2, 0.25) is 20.1 Å². The molecule has 0 unspecified atom stereocenters. The van der Waals surface area contributed by atoms with Gasteiger partial charge in [-0.05, 0) is 50.2 Å². The Morgan fingerprint density at radius 1 is 0.758 bits per heavy atom. The van der Waals surface area contributed by atoms with E-state index in [2.05, 4.69) is 20.4 Å². The van der Waals surface area contributed by atoms with Gasteiger partial charge in [-0.15, -0.1) is 0 Å². The molecule has 2 rings (SSSR count). The molecular weight excluding hydrogens is 566 g/mol. The molecule has 0 fully saturated rings. The van der Waals surface area contributed by atoms with Crippen LogP contribution in [0.1, 0.15) is 13.8 Å². The monoisotopic (exact) mass is 581 g/mol. The number of rotatable bonds is 8. The second kappa shape index (κ2) is 17.5. The van der Waals surface area contributed by atoms with Crippen molar-refractivity contribution in [2.75, 3.05) is 13.2 Å². The summed E-state index contributed by atoms with van der Waals surface area (Å²) in [6.45, 7) is 2.90. The van der Waals surface area contributed by atoms with Crippen molar-refractivity contribution in [1.29, 1.82) is 0 Å². The average molecular weight is 584 g/mol. The molecule has 0 heterocycles. The predicted molar refractivity (Wildman–Crippen MR) is 127 cm³/mol. The molecule has 0 N–H and O–H groups in total. The van der Waals surface area contributed by atoms with E-state index in [1.54, 1.807) is 38.1 Å². The van der Waals surface area contributed by atoms with Crippen molar-refractivity contribution in [3.05, 3.63) is 56.5 Å². The molecule has 0 aliphatic carbocycles. The minimum absolute atomic E-state index is 0. The van der Waals surface area contributed by atoms with Crippen LogP contribution in [0.4, 0.5) is 0 Å². The van der Waals surface area contributed by atoms with E-state index in [1.165, 1.54) is 24.6 Å². The summed E-state index contributed by atoms with van der Waals surface area (Å²) in [7, 11) is 0. The Kier molecular flexibility index (Phi) is 16.4. The standard InChI is InChI=1S/2C10H10Cl2N2O2.Cu/c2*1-2-13-14-10(15)6-16-9-4-3-7(11)5-8(9)12;/h2*2-5H,6H2,1H3,(H,14,15);/q;;+2/p-2/b2*13-2+;. The molecule has 33 heavy (non-hydrogen) atoms. The van der Waals surface area contributed by atoms with E-state index in [0.29, 0.717) is 31.6 Å². The van der Waals surface area contributed by atoms with Crippen molar-refractivity contribution in [3.8, 4) is 11.5 Å². The van der Waals surface area contributed by atoms with Crippen molar-refractivity contribution in [1.82, 2.24) is 0 Å². The molecule has 0 atom stereocenters. The van der Waals surface area contributed by atoms with Gasteiger partial charge in [0.1, 0.15) is 24.7 Å². The Balaban J connectivity index is 0.000000602. The summed E-state index contributed by atoms with van der Waals surface area (Å²) in [5.74, 6) is -0.196. The minimum Gasteiger partial charge on any atom is -0.858 e. The molecule has 0 aromatic heterocycles. The van der Waals surface area contributed by atoms with Crippen LogP contribution < -0.4 is 19.7 Å². The summed E-state index contributed by atoms with van der Waals surface area (Å²) in [5, 5.41) is 37.4. The van der Waals surface area contributed by atoms with E-state index < -0.39 is 11.8 Å². The summed E-state index contributed by atoms with van der Waals surface area (Å²) in [6, 6.07) is 9.47. The molecule has 0 aliphatic rings. The Bertz CT molecular complexity index is 925. The van der Waals surface area contributed by atoms with Crippen LogP contribution >= 0.6 is 46.4 Å². The Morgan fingerprint density at radius 3 is 1.42 bits per heavy atom. The van der Waals surface area contributed by atoms with Gasteiger partial charge < -0.3 is 19.7 Å². The molecule has 0 saturated carbocycles. The third-order valence-corrected chi connectivity index (χ3v) is 4.12. The van der Waals surface area contributed by atoms with Gasteiger partial charge in [-0.25, -0.2) is 0 Å². The maximum absolute atomic E-state index is 11.1. The fourth-order valence-corrected chi connectivity index (χ4v) is 2.69. The molecule has 0 saturated heterocycles. The SMILES string of the molecule is C/C=N/N=C(\[O-])COc1ccc(Cl)cc1Cl.C/C=N/N=C(\[O-])COc1ccc(Cl)cc1Cl.[Cu+2]. The summed E-state index contributed by atoms with van der Waals surface area (Å²) in [6.07, 6.45) is 2.82. The van der Waals surface area contributed by atoms with Crippen LogP contribution in [0.3, 0.4) is 0 Å². The average Bonchev–Trinajstić information content (AvgIpc) is 2.75.